The molecule has 1 aliphatic heterocycles. The maximum atomic E-state index is 13.1. The number of nitrogens with zero attached hydrogens (tertiary/aromatic N) is 3. The molecular formula is C21H22N4O3. The van der Waals surface area contributed by atoms with Crippen LogP contribution in [0.5, 0.6) is 0 Å². The van der Waals surface area contributed by atoms with Crippen LogP contribution in [0.15, 0.2) is 30.3 Å². The van der Waals surface area contributed by atoms with E-state index in [1.807, 2.05) is 34.9 Å². The zero-order valence-electron chi connectivity index (χ0n) is 15.4. The van der Waals surface area contributed by atoms with Crippen LogP contribution in [0.1, 0.15) is 25.1 Å². The first-order chi connectivity index (χ1) is 13.6. The third-order valence-electron chi connectivity index (χ3n) is 7.72. The van der Waals surface area contributed by atoms with Gasteiger partial charge in [-0.25, -0.2) is 0 Å². The van der Waals surface area contributed by atoms with Gasteiger partial charge in [-0.2, -0.15) is 0 Å². The van der Waals surface area contributed by atoms with E-state index in [2.05, 4.69) is 15.5 Å². The van der Waals surface area contributed by atoms with Crippen molar-refractivity contribution in [3.63, 3.8) is 0 Å². The number of carbonyl (C=O) groups excluding carboxylic acids is 1. The van der Waals surface area contributed by atoms with Gasteiger partial charge in [0.05, 0.1) is 11.3 Å². The lowest BCUT2D eigenvalue weighted by atomic mass is 9.94. The van der Waals surface area contributed by atoms with Gasteiger partial charge >= 0.3 is 5.97 Å². The molecule has 144 valence electrons. The normalized spacial score (nSPS) is 36.8. The molecule has 4 atom stereocenters. The quantitative estimate of drug-likeness (QED) is 0.845. The van der Waals surface area contributed by atoms with Crippen molar-refractivity contribution in [3.8, 4) is 11.4 Å². The summed E-state index contributed by atoms with van der Waals surface area (Å²) in [5.41, 5.74) is 0.316. The fraction of sp³-hybridized carbons (Fsp3) is 0.524. The summed E-state index contributed by atoms with van der Waals surface area (Å²) in [7, 11) is 0. The van der Waals surface area contributed by atoms with Crippen LogP contribution in [0.3, 0.4) is 0 Å². The van der Waals surface area contributed by atoms with E-state index in [-0.39, 0.29) is 29.7 Å². The Balaban J connectivity index is 1.22. The molecule has 5 aliphatic rings. The Morgan fingerprint density at radius 2 is 1.89 bits per heavy atom. The first-order valence-electron chi connectivity index (χ1n) is 10.1. The Kier molecular flexibility index (Phi) is 3.15. The maximum absolute atomic E-state index is 13.1. The fourth-order valence-corrected chi connectivity index (χ4v) is 6.45. The molecule has 4 saturated carbocycles. The summed E-state index contributed by atoms with van der Waals surface area (Å²) in [4.78, 5) is 25.0. The van der Waals surface area contributed by atoms with Crippen LogP contribution < -0.4 is 5.32 Å². The number of fused-ring (bicyclic) bond motifs is 1. The molecular weight excluding hydrogens is 356 g/mol. The number of carboxylic acid groups (broad SMARTS) is 1. The lowest BCUT2D eigenvalue weighted by Gasteiger charge is -2.28. The molecule has 7 heteroatoms. The lowest BCUT2D eigenvalue weighted by Crippen LogP contribution is -2.48. The molecule has 1 aromatic heterocycles. The molecule has 0 radical (unpaired) electrons. The first kappa shape index (κ1) is 16.3. The zero-order chi connectivity index (χ0) is 19.0. The standard InChI is InChI=1S/C21H22N4O3/c26-19(22-17-13-8-14-15(9-13)21(14,17)20(27)28)12-6-7-16-23-24-18(25(16)10-12)11-4-2-1-3-5-11/h1-5,12-15,17H,6-10H2,(H,22,26)(H,27,28). The average molecular weight is 378 g/mol. The number of carbonyl (C=O) groups is 2. The monoisotopic (exact) mass is 378 g/mol. The molecule has 0 spiro atoms. The summed E-state index contributed by atoms with van der Waals surface area (Å²) in [6, 6.07) is 9.70. The van der Waals surface area contributed by atoms with Gasteiger partial charge in [0, 0.05) is 24.6 Å². The molecule has 7 rings (SSSR count). The van der Waals surface area contributed by atoms with Crippen molar-refractivity contribution in [2.45, 2.75) is 38.3 Å². The number of aliphatic carboxylic acids is 1. The first-order valence-corrected chi connectivity index (χ1v) is 10.1. The predicted octanol–water partition coefficient (Wildman–Crippen LogP) is 1.73. The van der Waals surface area contributed by atoms with Gasteiger partial charge < -0.3 is 15.0 Å². The summed E-state index contributed by atoms with van der Waals surface area (Å²) in [5, 5.41) is 21.6. The molecule has 2 N–H and O–H groups in total. The highest BCUT2D eigenvalue weighted by Gasteiger charge is 2.83. The summed E-state index contributed by atoms with van der Waals surface area (Å²) >= 11 is 0. The number of benzene rings is 1. The molecule has 4 bridgehead atoms. The van der Waals surface area contributed by atoms with Gasteiger partial charge in [-0.3, -0.25) is 9.59 Å². The Labute approximate surface area is 162 Å². The highest BCUT2D eigenvalue weighted by molar-refractivity contribution is 5.86. The molecule has 1 aromatic carbocycles. The Bertz CT molecular complexity index is 973. The van der Waals surface area contributed by atoms with Crippen molar-refractivity contribution >= 4 is 11.9 Å². The van der Waals surface area contributed by atoms with E-state index in [9.17, 15) is 14.7 Å². The van der Waals surface area contributed by atoms with Crippen molar-refractivity contribution in [3.05, 3.63) is 36.2 Å². The number of aromatic nitrogens is 3. The molecule has 7 nitrogen and oxygen atoms in total. The van der Waals surface area contributed by atoms with Crippen LogP contribution >= 0.6 is 0 Å². The summed E-state index contributed by atoms with van der Waals surface area (Å²) in [6.45, 7) is 0.544. The summed E-state index contributed by atoms with van der Waals surface area (Å²) in [5.74, 6) is 1.69. The molecule has 4 aliphatic carbocycles. The number of hydrogen-bond donors (Lipinski definition) is 2. The van der Waals surface area contributed by atoms with Gasteiger partial charge in [0.2, 0.25) is 5.91 Å². The SMILES string of the molecule is O=C(NC1C2CC3C(C2)C31C(=O)O)C1CCc2nnc(-c3ccccc3)n2C1. The highest BCUT2D eigenvalue weighted by Crippen LogP contribution is 2.79. The summed E-state index contributed by atoms with van der Waals surface area (Å²) in [6.07, 6.45) is 3.35. The van der Waals surface area contributed by atoms with Gasteiger partial charge in [-0.15, -0.1) is 10.2 Å². The smallest absolute Gasteiger partial charge is 0.312 e. The van der Waals surface area contributed by atoms with E-state index >= 15 is 0 Å². The second-order valence-electron chi connectivity index (χ2n) is 8.82. The molecule has 4 fully saturated rings. The minimum Gasteiger partial charge on any atom is -0.481 e. The van der Waals surface area contributed by atoms with Gasteiger partial charge in [0.1, 0.15) is 5.82 Å². The highest BCUT2D eigenvalue weighted by atomic mass is 16.4. The van der Waals surface area contributed by atoms with E-state index in [0.717, 1.165) is 36.5 Å². The largest absolute Gasteiger partial charge is 0.481 e. The van der Waals surface area contributed by atoms with E-state index in [4.69, 9.17) is 0 Å². The number of nitrogens with one attached hydrogen (secondary N) is 1. The van der Waals surface area contributed by atoms with Crippen LogP contribution in [-0.4, -0.2) is 37.8 Å². The van der Waals surface area contributed by atoms with Crippen LogP contribution in [0.2, 0.25) is 0 Å². The third kappa shape index (κ3) is 1.94. The van der Waals surface area contributed by atoms with E-state index in [1.54, 1.807) is 0 Å². The van der Waals surface area contributed by atoms with E-state index in [1.165, 1.54) is 0 Å². The maximum Gasteiger partial charge on any atom is 0.312 e. The van der Waals surface area contributed by atoms with Crippen molar-refractivity contribution in [1.82, 2.24) is 20.1 Å². The minimum atomic E-state index is -0.719. The second kappa shape index (κ2) is 5.43. The van der Waals surface area contributed by atoms with Gasteiger partial charge in [-0.05, 0) is 37.0 Å². The van der Waals surface area contributed by atoms with Crippen LogP contribution in [0.4, 0.5) is 0 Å². The third-order valence-corrected chi connectivity index (χ3v) is 7.72. The Morgan fingerprint density at radius 3 is 2.61 bits per heavy atom. The van der Waals surface area contributed by atoms with Gasteiger partial charge in [0.15, 0.2) is 5.82 Å². The molecule has 0 saturated heterocycles. The lowest BCUT2D eigenvalue weighted by molar-refractivity contribution is -0.145. The van der Waals surface area contributed by atoms with Gasteiger partial charge in [0.25, 0.3) is 0 Å². The van der Waals surface area contributed by atoms with Crippen molar-refractivity contribution in [2.75, 3.05) is 0 Å². The van der Waals surface area contributed by atoms with Crippen molar-refractivity contribution in [1.29, 1.82) is 0 Å². The number of hydrogen-bond acceptors (Lipinski definition) is 4. The molecule has 1 amide bonds. The number of amides is 1. The fourth-order valence-electron chi connectivity index (χ4n) is 6.45. The molecule has 2 heterocycles. The number of carboxylic acids is 1. The molecule has 28 heavy (non-hydrogen) atoms. The number of rotatable bonds is 4. The second-order valence-corrected chi connectivity index (χ2v) is 8.82. The van der Waals surface area contributed by atoms with Gasteiger partial charge in [-0.1, -0.05) is 30.3 Å². The summed E-state index contributed by atoms with van der Waals surface area (Å²) < 4.78 is 2.05. The molecule has 4 unspecified atom stereocenters. The Morgan fingerprint density at radius 1 is 1.14 bits per heavy atom. The number of aryl methyl sites for hydroxylation is 1. The Hall–Kier alpha value is -2.70. The molecule has 2 aromatic rings. The average Bonchev–Trinajstić information content (AvgIpc) is 3.19. The zero-order valence-corrected chi connectivity index (χ0v) is 15.4. The van der Waals surface area contributed by atoms with Crippen molar-refractivity contribution in [2.24, 2.45) is 29.1 Å². The van der Waals surface area contributed by atoms with E-state index in [0.29, 0.717) is 18.9 Å². The van der Waals surface area contributed by atoms with E-state index < -0.39 is 11.4 Å². The topological polar surface area (TPSA) is 97.1 Å². The van der Waals surface area contributed by atoms with Crippen molar-refractivity contribution < 1.29 is 14.7 Å². The van der Waals surface area contributed by atoms with Crippen LogP contribution in [-0.2, 0) is 22.6 Å². The van der Waals surface area contributed by atoms with Crippen LogP contribution in [0, 0.1) is 29.1 Å². The predicted molar refractivity (Wildman–Crippen MR) is 99.0 cm³/mol. The van der Waals surface area contributed by atoms with Crippen LogP contribution in [0.25, 0.3) is 11.4 Å². The minimum absolute atomic E-state index is 0.0119.